The van der Waals surface area contributed by atoms with Crippen LogP contribution in [0.5, 0.6) is 0 Å². The summed E-state index contributed by atoms with van der Waals surface area (Å²) in [6, 6.07) is 0. The number of nitrogens with zero attached hydrogens (tertiary/aromatic N) is 4. The lowest BCUT2D eigenvalue weighted by Crippen LogP contribution is -2.39. The molecule has 20 heavy (non-hydrogen) atoms. The van der Waals surface area contributed by atoms with E-state index in [1.54, 1.807) is 0 Å². The number of hydrogen-bond acceptors (Lipinski definition) is 4. The standard InChI is InChI=1S/C13H20N4O3/c1-9(18)6-4-5-7-17-12(19)10-11(14-8-15(10)2)16(3)13(17)20/h8-9,18H,4-7H2,1-3H3/t9-/m0/s1/i1D3,2D3,3D3,6D2,8D. The summed E-state index contributed by atoms with van der Waals surface area (Å²) < 4.78 is 90.5. The third-order valence-corrected chi connectivity index (χ3v) is 2.67. The fourth-order valence-corrected chi connectivity index (χ4v) is 1.75. The molecule has 0 saturated carbocycles. The molecule has 0 spiro atoms. The molecule has 7 nitrogen and oxygen atoms in total. The molecule has 0 fully saturated rings. The van der Waals surface area contributed by atoms with E-state index in [0.717, 1.165) is 0 Å². The summed E-state index contributed by atoms with van der Waals surface area (Å²) in [6.45, 7) is -9.93. The third-order valence-electron chi connectivity index (χ3n) is 2.67. The number of aryl methyl sites for hydroxylation is 2. The van der Waals surface area contributed by atoms with Crippen molar-refractivity contribution < 1.29 is 21.6 Å². The van der Waals surface area contributed by atoms with Crippen molar-refractivity contribution in [3.63, 3.8) is 0 Å². The fourth-order valence-electron chi connectivity index (χ4n) is 1.75. The second-order valence-electron chi connectivity index (χ2n) is 4.00. The van der Waals surface area contributed by atoms with Crippen molar-refractivity contribution in [2.75, 3.05) is 0 Å². The first-order valence-electron chi connectivity index (χ1n) is 11.6. The predicted molar refractivity (Wildman–Crippen MR) is 75.7 cm³/mol. The van der Waals surface area contributed by atoms with E-state index < -0.39 is 75.0 Å². The van der Waals surface area contributed by atoms with Gasteiger partial charge in [0, 0.05) is 35.6 Å². The van der Waals surface area contributed by atoms with Gasteiger partial charge in [0.2, 0.25) is 0 Å². The van der Waals surface area contributed by atoms with Gasteiger partial charge in [0.05, 0.1) is 12.4 Å². The molecular weight excluding hydrogens is 260 g/mol. The van der Waals surface area contributed by atoms with Gasteiger partial charge in [0.1, 0.15) is 1.37 Å². The zero-order valence-corrected chi connectivity index (χ0v) is 10.3. The van der Waals surface area contributed by atoms with Crippen molar-refractivity contribution in [2.24, 2.45) is 14.0 Å². The maximum atomic E-state index is 12.9. The van der Waals surface area contributed by atoms with E-state index in [1.807, 2.05) is 0 Å². The van der Waals surface area contributed by atoms with Crippen LogP contribution in [0.25, 0.3) is 11.2 Å². The number of aliphatic hydroxyl groups excluding tert-OH is 1. The molecular formula is C13H20N4O3. The zero-order valence-electron chi connectivity index (χ0n) is 22.3. The van der Waals surface area contributed by atoms with Crippen molar-refractivity contribution in [2.45, 2.75) is 38.7 Å². The molecule has 2 aromatic rings. The summed E-state index contributed by atoms with van der Waals surface area (Å²) in [6.07, 6.45) is -6.94. The van der Waals surface area contributed by atoms with Crippen molar-refractivity contribution in [3.05, 3.63) is 27.1 Å². The Kier molecular flexibility index (Phi) is 1.54. The molecule has 0 aliphatic heterocycles. The molecule has 1 N–H and O–H groups in total. The highest BCUT2D eigenvalue weighted by atomic mass is 16.3. The molecule has 0 aliphatic rings. The normalized spacial score (nSPS) is 24.4. The van der Waals surface area contributed by atoms with E-state index in [2.05, 4.69) is 4.98 Å². The largest absolute Gasteiger partial charge is 0.393 e. The summed E-state index contributed by atoms with van der Waals surface area (Å²) in [5.41, 5.74) is -4.29. The first-order valence-corrected chi connectivity index (χ1v) is 5.65. The fraction of sp³-hybridized carbons (Fsp3) is 0.615. The quantitative estimate of drug-likeness (QED) is 0.840. The minimum absolute atomic E-state index is 0.0932. The molecule has 0 saturated heterocycles. The molecule has 7 heteroatoms. The molecule has 1 atom stereocenters. The van der Waals surface area contributed by atoms with Crippen LogP contribution in [0, 0.1) is 0 Å². The van der Waals surface area contributed by atoms with Crippen LogP contribution in [0.1, 0.15) is 42.5 Å². The second kappa shape index (κ2) is 5.62. The molecule has 0 radical (unpaired) electrons. The average Bonchev–Trinajstić information content (AvgIpc) is 2.91. The van der Waals surface area contributed by atoms with Crippen molar-refractivity contribution in [1.82, 2.24) is 18.7 Å². The zero-order chi connectivity index (χ0) is 25.0. The van der Waals surface area contributed by atoms with Crippen LogP contribution < -0.4 is 11.2 Å². The lowest BCUT2D eigenvalue weighted by molar-refractivity contribution is 0.180. The highest BCUT2D eigenvalue weighted by Crippen LogP contribution is 2.04. The Morgan fingerprint density at radius 2 is 2.35 bits per heavy atom. The smallest absolute Gasteiger partial charge is 0.332 e. The Bertz CT molecular complexity index is 1120. The van der Waals surface area contributed by atoms with E-state index in [-0.39, 0.29) is 15.6 Å². The van der Waals surface area contributed by atoms with E-state index in [1.165, 1.54) is 0 Å². The summed E-state index contributed by atoms with van der Waals surface area (Å²) >= 11 is 0. The predicted octanol–water partition coefficient (Wildman–Crippen LogP) is -0.0152. The van der Waals surface area contributed by atoms with Crippen molar-refractivity contribution in [1.29, 1.82) is 0 Å². The molecule has 2 rings (SSSR count). The van der Waals surface area contributed by atoms with Crippen LogP contribution in [0.4, 0.5) is 0 Å². The van der Waals surface area contributed by atoms with Gasteiger partial charge in [-0.1, -0.05) is 0 Å². The maximum absolute atomic E-state index is 12.9. The molecule has 2 heterocycles. The highest BCUT2D eigenvalue weighted by molar-refractivity contribution is 5.69. The van der Waals surface area contributed by atoms with E-state index in [9.17, 15) is 14.7 Å². The third kappa shape index (κ3) is 2.53. The minimum atomic E-state index is -3.20. The second-order valence-corrected chi connectivity index (χ2v) is 4.00. The number of aromatic nitrogens is 4. The van der Waals surface area contributed by atoms with Crippen LogP contribution in [0.2, 0.25) is 0 Å². The summed E-state index contributed by atoms with van der Waals surface area (Å²) in [5.74, 6) is 0. The molecule has 2 aromatic heterocycles. The number of fused-ring (bicyclic) bond motifs is 1. The van der Waals surface area contributed by atoms with Crippen LogP contribution >= 0.6 is 0 Å². The van der Waals surface area contributed by atoms with Gasteiger partial charge in [-0.05, 0) is 26.1 Å². The van der Waals surface area contributed by atoms with Crippen molar-refractivity contribution in [3.8, 4) is 0 Å². The molecule has 0 bridgehead atoms. The molecule has 0 aliphatic carbocycles. The van der Waals surface area contributed by atoms with E-state index in [4.69, 9.17) is 16.4 Å². The Labute approximate surface area is 133 Å². The van der Waals surface area contributed by atoms with Gasteiger partial charge in [-0.2, -0.15) is 0 Å². The molecule has 0 amide bonds. The maximum Gasteiger partial charge on any atom is 0.332 e. The Balaban J connectivity index is 2.63. The number of hydrogen-bond donors (Lipinski definition) is 1. The van der Waals surface area contributed by atoms with E-state index in [0.29, 0.717) is 4.57 Å². The summed E-state index contributed by atoms with van der Waals surface area (Å²) in [4.78, 5) is 29.1. The van der Waals surface area contributed by atoms with E-state index >= 15 is 0 Å². The Morgan fingerprint density at radius 1 is 1.50 bits per heavy atom. The minimum Gasteiger partial charge on any atom is -0.393 e. The van der Waals surface area contributed by atoms with Crippen LogP contribution in [-0.4, -0.2) is 29.9 Å². The Hall–Kier alpha value is -1.89. The lowest BCUT2D eigenvalue weighted by atomic mass is 10.2. The Morgan fingerprint density at radius 3 is 3.05 bits per heavy atom. The van der Waals surface area contributed by atoms with Gasteiger partial charge < -0.3 is 9.67 Å². The van der Waals surface area contributed by atoms with Crippen LogP contribution in [0.3, 0.4) is 0 Å². The monoisotopic (exact) mass is 292 g/mol. The average molecular weight is 292 g/mol. The van der Waals surface area contributed by atoms with Gasteiger partial charge in [-0.15, -0.1) is 0 Å². The van der Waals surface area contributed by atoms with Crippen molar-refractivity contribution >= 4 is 11.2 Å². The van der Waals surface area contributed by atoms with Gasteiger partial charge >= 0.3 is 5.69 Å². The SMILES string of the molecule is [2H]c1nc2c(c(=O)n(CCCC([2H])([2H])[C@@H](O)C([2H])([2H])[2H])c(=O)n2C([2H])([2H])[2H])n1C([2H])([2H])[2H]. The van der Waals surface area contributed by atoms with Gasteiger partial charge in [0.15, 0.2) is 11.2 Å². The number of rotatable bonds is 5. The van der Waals surface area contributed by atoms with Gasteiger partial charge in [-0.25, -0.2) is 9.78 Å². The molecule has 0 unspecified atom stereocenters. The molecule has 0 aromatic carbocycles. The number of imidazole rings is 1. The topological polar surface area (TPSA) is 82.1 Å². The summed E-state index contributed by atoms with van der Waals surface area (Å²) in [5, 5.41) is 9.70. The van der Waals surface area contributed by atoms with Crippen LogP contribution in [0.15, 0.2) is 15.9 Å². The highest BCUT2D eigenvalue weighted by Gasteiger charge is 2.14. The lowest BCUT2D eigenvalue weighted by Gasteiger charge is -2.09. The number of aliphatic hydroxyl groups is 1. The molecule has 110 valence electrons. The van der Waals surface area contributed by atoms with Gasteiger partial charge in [-0.3, -0.25) is 13.9 Å². The first-order chi connectivity index (χ1) is 14.2. The van der Waals surface area contributed by atoms with Crippen LogP contribution in [-0.2, 0) is 20.5 Å². The van der Waals surface area contributed by atoms with Gasteiger partial charge in [0.25, 0.3) is 5.56 Å². The summed E-state index contributed by atoms with van der Waals surface area (Å²) in [7, 11) is 0. The first kappa shape index (κ1) is 5.48.